The summed E-state index contributed by atoms with van der Waals surface area (Å²) in [7, 11) is 0. The molecule has 0 atom stereocenters. The zero-order valence-corrected chi connectivity index (χ0v) is 8.49. The van der Waals surface area contributed by atoms with Gasteiger partial charge in [0.25, 0.3) is 0 Å². The fourth-order valence-electron chi connectivity index (χ4n) is 1.67. The second-order valence-corrected chi connectivity index (χ2v) is 3.50. The van der Waals surface area contributed by atoms with E-state index in [1.54, 1.807) is 0 Å². The normalized spacial score (nSPS) is 11.1. The van der Waals surface area contributed by atoms with Gasteiger partial charge in [-0.15, -0.1) is 0 Å². The van der Waals surface area contributed by atoms with Crippen molar-refractivity contribution < 1.29 is 5.11 Å². The average molecular weight is 190 g/mol. The highest BCUT2D eigenvalue weighted by atomic mass is 16.3. The SMILES string of the molecule is CCc1cc(CO)c2nc(C)cn2c1. The van der Waals surface area contributed by atoms with Crippen LogP contribution in [-0.2, 0) is 13.0 Å². The summed E-state index contributed by atoms with van der Waals surface area (Å²) in [6.45, 7) is 4.11. The number of fused-ring (bicyclic) bond motifs is 1. The van der Waals surface area contributed by atoms with Crippen LogP contribution in [0.4, 0.5) is 0 Å². The molecular formula is C11H14N2O. The number of aryl methyl sites for hydroxylation is 2. The summed E-state index contributed by atoms with van der Waals surface area (Å²) in [5.41, 5.74) is 3.96. The molecule has 0 saturated heterocycles. The van der Waals surface area contributed by atoms with Gasteiger partial charge in [0.2, 0.25) is 0 Å². The van der Waals surface area contributed by atoms with Crippen molar-refractivity contribution in [2.24, 2.45) is 0 Å². The molecule has 0 bridgehead atoms. The summed E-state index contributed by atoms with van der Waals surface area (Å²) < 4.78 is 1.99. The van der Waals surface area contributed by atoms with Crippen LogP contribution in [0.2, 0.25) is 0 Å². The molecule has 0 aliphatic carbocycles. The minimum Gasteiger partial charge on any atom is -0.392 e. The van der Waals surface area contributed by atoms with Crippen molar-refractivity contribution in [1.82, 2.24) is 9.38 Å². The third-order valence-corrected chi connectivity index (χ3v) is 2.38. The lowest BCUT2D eigenvalue weighted by Crippen LogP contribution is -1.95. The van der Waals surface area contributed by atoms with Gasteiger partial charge >= 0.3 is 0 Å². The number of imidazole rings is 1. The number of rotatable bonds is 2. The zero-order valence-electron chi connectivity index (χ0n) is 8.49. The second-order valence-electron chi connectivity index (χ2n) is 3.50. The summed E-state index contributed by atoms with van der Waals surface area (Å²) >= 11 is 0. The molecule has 3 heteroatoms. The first-order valence-electron chi connectivity index (χ1n) is 4.82. The van der Waals surface area contributed by atoms with Crippen LogP contribution in [0.3, 0.4) is 0 Å². The minimum absolute atomic E-state index is 0.0494. The molecule has 0 radical (unpaired) electrons. The average Bonchev–Trinajstić information content (AvgIpc) is 2.56. The van der Waals surface area contributed by atoms with Gasteiger partial charge in [0.15, 0.2) is 0 Å². The van der Waals surface area contributed by atoms with Gasteiger partial charge < -0.3 is 9.51 Å². The highest BCUT2D eigenvalue weighted by molar-refractivity contribution is 5.50. The van der Waals surface area contributed by atoms with Gasteiger partial charge in [0.1, 0.15) is 5.65 Å². The Balaban J connectivity index is 2.72. The quantitative estimate of drug-likeness (QED) is 0.782. The molecular weight excluding hydrogens is 176 g/mol. The number of hydrogen-bond donors (Lipinski definition) is 1. The first kappa shape index (κ1) is 9.21. The van der Waals surface area contributed by atoms with Crippen LogP contribution in [0.25, 0.3) is 5.65 Å². The van der Waals surface area contributed by atoms with E-state index in [0.29, 0.717) is 0 Å². The van der Waals surface area contributed by atoms with Crippen molar-refractivity contribution >= 4 is 5.65 Å². The van der Waals surface area contributed by atoms with Gasteiger partial charge in [-0.2, -0.15) is 0 Å². The summed E-state index contributed by atoms with van der Waals surface area (Å²) in [4.78, 5) is 4.36. The molecule has 0 spiro atoms. The molecule has 0 unspecified atom stereocenters. The molecule has 2 aromatic rings. The fraction of sp³-hybridized carbons (Fsp3) is 0.364. The van der Waals surface area contributed by atoms with Crippen molar-refractivity contribution in [2.75, 3.05) is 0 Å². The standard InChI is InChI=1S/C11H14N2O/c1-3-9-4-10(7-14)11-12-8(2)5-13(11)6-9/h4-6,14H,3,7H2,1-2H3. The summed E-state index contributed by atoms with van der Waals surface area (Å²) in [6.07, 6.45) is 5.02. The number of nitrogens with zero attached hydrogens (tertiary/aromatic N) is 2. The van der Waals surface area contributed by atoms with E-state index in [9.17, 15) is 5.11 Å². The molecule has 1 N–H and O–H groups in total. The van der Waals surface area contributed by atoms with E-state index >= 15 is 0 Å². The van der Waals surface area contributed by atoms with Crippen molar-refractivity contribution in [1.29, 1.82) is 0 Å². The topological polar surface area (TPSA) is 37.5 Å². The van der Waals surface area contributed by atoms with E-state index in [2.05, 4.69) is 18.1 Å². The monoisotopic (exact) mass is 190 g/mol. The Morgan fingerprint density at radius 1 is 1.43 bits per heavy atom. The van der Waals surface area contributed by atoms with Crippen LogP contribution in [0.5, 0.6) is 0 Å². The van der Waals surface area contributed by atoms with E-state index in [4.69, 9.17) is 0 Å². The summed E-state index contributed by atoms with van der Waals surface area (Å²) in [6, 6.07) is 2.02. The smallest absolute Gasteiger partial charge is 0.142 e. The van der Waals surface area contributed by atoms with E-state index in [1.807, 2.05) is 23.6 Å². The van der Waals surface area contributed by atoms with Crippen LogP contribution < -0.4 is 0 Å². The Kier molecular flexibility index (Phi) is 2.25. The summed E-state index contributed by atoms with van der Waals surface area (Å²) in [5, 5.41) is 9.21. The third-order valence-electron chi connectivity index (χ3n) is 2.38. The lowest BCUT2D eigenvalue weighted by Gasteiger charge is -2.03. The van der Waals surface area contributed by atoms with Crippen molar-refractivity contribution in [3.63, 3.8) is 0 Å². The predicted molar refractivity (Wildman–Crippen MR) is 55.2 cm³/mol. The van der Waals surface area contributed by atoms with Gasteiger partial charge in [-0.1, -0.05) is 6.92 Å². The van der Waals surface area contributed by atoms with Gasteiger partial charge in [0, 0.05) is 18.0 Å². The number of aliphatic hydroxyl groups excluding tert-OH is 1. The largest absolute Gasteiger partial charge is 0.392 e. The predicted octanol–water partition coefficient (Wildman–Crippen LogP) is 1.70. The van der Waals surface area contributed by atoms with Crippen LogP contribution in [0.15, 0.2) is 18.5 Å². The first-order chi connectivity index (χ1) is 6.74. The maximum Gasteiger partial charge on any atom is 0.142 e. The van der Waals surface area contributed by atoms with Gasteiger partial charge in [-0.25, -0.2) is 4.98 Å². The molecule has 0 fully saturated rings. The fourth-order valence-corrected chi connectivity index (χ4v) is 1.67. The van der Waals surface area contributed by atoms with Crippen molar-refractivity contribution in [3.05, 3.63) is 35.3 Å². The molecule has 0 saturated carbocycles. The molecule has 2 heterocycles. The van der Waals surface area contributed by atoms with Gasteiger partial charge in [-0.3, -0.25) is 0 Å². The Bertz CT molecular complexity index is 460. The van der Waals surface area contributed by atoms with E-state index < -0.39 is 0 Å². The number of hydrogen-bond acceptors (Lipinski definition) is 2. The molecule has 74 valence electrons. The maximum atomic E-state index is 9.21. The zero-order chi connectivity index (χ0) is 10.1. The van der Waals surface area contributed by atoms with Crippen LogP contribution >= 0.6 is 0 Å². The van der Waals surface area contributed by atoms with Crippen LogP contribution in [0, 0.1) is 6.92 Å². The molecule has 3 nitrogen and oxygen atoms in total. The molecule has 0 aliphatic rings. The highest BCUT2D eigenvalue weighted by Gasteiger charge is 2.05. The van der Waals surface area contributed by atoms with Crippen LogP contribution in [0.1, 0.15) is 23.7 Å². The Morgan fingerprint density at radius 2 is 2.21 bits per heavy atom. The van der Waals surface area contributed by atoms with E-state index in [1.165, 1.54) is 5.56 Å². The molecule has 0 amide bonds. The Morgan fingerprint density at radius 3 is 2.86 bits per heavy atom. The molecule has 14 heavy (non-hydrogen) atoms. The molecule has 0 aromatic carbocycles. The minimum atomic E-state index is 0.0494. The lowest BCUT2D eigenvalue weighted by atomic mass is 10.1. The van der Waals surface area contributed by atoms with Crippen LogP contribution in [-0.4, -0.2) is 14.5 Å². The molecule has 2 rings (SSSR count). The highest BCUT2D eigenvalue weighted by Crippen LogP contribution is 2.14. The first-order valence-corrected chi connectivity index (χ1v) is 4.82. The Labute approximate surface area is 83.0 Å². The molecule has 0 aliphatic heterocycles. The van der Waals surface area contributed by atoms with Gasteiger partial charge in [0.05, 0.1) is 12.3 Å². The van der Waals surface area contributed by atoms with Crippen molar-refractivity contribution in [3.8, 4) is 0 Å². The number of aromatic nitrogens is 2. The van der Waals surface area contributed by atoms with E-state index in [-0.39, 0.29) is 6.61 Å². The summed E-state index contributed by atoms with van der Waals surface area (Å²) in [5.74, 6) is 0. The van der Waals surface area contributed by atoms with Crippen molar-refractivity contribution in [2.45, 2.75) is 26.9 Å². The second kappa shape index (κ2) is 3.42. The third kappa shape index (κ3) is 1.40. The Hall–Kier alpha value is -1.35. The lowest BCUT2D eigenvalue weighted by molar-refractivity contribution is 0.282. The van der Waals surface area contributed by atoms with E-state index in [0.717, 1.165) is 23.3 Å². The maximum absolute atomic E-state index is 9.21. The molecule has 2 aromatic heterocycles. The number of pyridine rings is 1. The number of aliphatic hydroxyl groups is 1. The van der Waals surface area contributed by atoms with Gasteiger partial charge in [-0.05, 0) is 25.0 Å².